The molecule has 18 heavy (non-hydrogen) atoms. The quantitative estimate of drug-likeness (QED) is 0.372. The van der Waals surface area contributed by atoms with Crippen LogP contribution < -0.4 is 11.6 Å². The van der Waals surface area contributed by atoms with E-state index in [0.717, 1.165) is 23.4 Å². The topological polar surface area (TPSA) is 72.3 Å². The lowest BCUT2D eigenvalue weighted by molar-refractivity contribution is -0.126. The zero-order valence-electron chi connectivity index (χ0n) is 10.8. The first-order chi connectivity index (χ1) is 8.49. The molecule has 1 rings (SSSR count). The third kappa shape index (κ3) is 3.51. The number of hydrazine groups is 1. The minimum absolute atomic E-state index is 0.110. The van der Waals surface area contributed by atoms with E-state index in [4.69, 9.17) is 11.6 Å². The fourth-order valence-corrected chi connectivity index (χ4v) is 1.95. The highest BCUT2D eigenvalue weighted by atomic mass is 32.1. The normalized spacial score (nSPS) is 10.2. The van der Waals surface area contributed by atoms with Gasteiger partial charge in [0.1, 0.15) is 0 Å². The van der Waals surface area contributed by atoms with E-state index in [2.05, 4.69) is 32.1 Å². The van der Waals surface area contributed by atoms with Gasteiger partial charge in [-0.25, -0.2) is 10.9 Å². The van der Waals surface area contributed by atoms with E-state index in [1.807, 2.05) is 12.1 Å². The van der Waals surface area contributed by atoms with Crippen molar-refractivity contribution in [3.05, 3.63) is 34.9 Å². The molecule has 0 aliphatic heterocycles. The van der Waals surface area contributed by atoms with Gasteiger partial charge in [0.2, 0.25) is 5.91 Å². The smallest absolute Gasteiger partial charge is 0.247 e. The van der Waals surface area contributed by atoms with Crippen LogP contribution in [-0.2, 0) is 24.1 Å². The highest BCUT2D eigenvalue weighted by molar-refractivity contribution is 7.80. The summed E-state index contributed by atoms with van der Waals surface area (Å²) in [5.74, 6) is 5.15. The van der Waals surface area contributed by atoms with Crippen LogP contribution in [0.15, 0.2) is 18.2 Å². The van der Waals surface area contributed by atoms with Gasteiger partial charge in [0, 0.05) is 0 Å². The van der Waals surface area contributed by atoms with Gasteiger partial charge in [-0.2, -0.15) is 0 Å². The molecular formula is C13H19N3OS. The van der Waals surface area contributed by atoms with E-state index in [1.165, 1.54) is 11.1 Å². The van der Waals surface area contributed by atoms with Crippen molar-refractivity contribution in [3.63, 3.8) is 0 Å². The maximum atomic E-state index is 11.7. The molecule has 0 aliphatic carbocycles. The second-order valence-corrected chi connectivity index (χ2v) is 4.51. The number of carbonyl (C=O) groups is 1. The molecule has 0 aliphatic rings. The summed E-state index contributed by atoms with van der Waals surface area (Å²) in [5, 5.41) is 0.704. The number of nitrogens with two attached hydrogens (primary N) is 2. The zero-order chi connectivity index (χ0) is 13.7. The van der Waals surface area contributed by atoms with Crippen molar-refractivity contribution >= 4 is 23.2 Å². The molecule has 0 aromatic heterocycles. The monoisotopic (exact) mass is 265 g/mol. The number of thiocarbonyl (C=S) groups is 1. The number of rotatable bonds is 4. The largest absolute Gasteiger partial charge is 0.375 e. The summed E-state index contributed by atoms with van der Waals surface area (Å²) < 4.78 is 0. The Morgan fingerprint density at radius 1 is 1.28 bits per heavy atom. The summed E-state index contributed by atoms with van der Waals surface area (Å²) in [6, 6.07) is 6.05. The van der Waals surface area contributed by atoms with Crippen molar-refractivity contribution < 1.29 is 4.79 Å². The van der Waals surface area contributed by atoms with Crippen LogP contribution in [0.1, 0.15) is 30.5 Å². The summed E-state index contributed by atoms with van der Waals surface area (Å²) in [4.78, 5) is 11.7. The van der Waals surface area contributed by atoms with E-state index >= 15 is 0 Å². The lowest BCUT2D eigenvalue weighted by atomic mass is 9.98. The molecule has 1 aromatic rings. The number of amides is 1. The molecule has 0 atom stereocenters. The summed E-state index contributed by atoms with van der Waals surface area (Å²) in [6.07, 6.45) is 2.16. The van der Waals surface area contributed by atoms with Crippen molar-refractivity contribution in [1.82, 2.24) is 5.01 Å². The molecular weight excluding hydrogens is 246 g/mol. The van der Waals surface area contributed by atoms with Gasteiger partial charge in [0.15, 0.2) is 5.11 Å². The Balaban J connectivity index is 2.86. The van der Waals surface area contributed by atoms with Crippen molar-refractivity contribution in [3.8, 4) is 0 Å². The van der Waals surface area contributed by atoms with E-state index in [-0.39, 0.29) is 17.4 Å². The third-order valence-corrected chi connectivity index (χ3v) is 3.09. The molecule has 0 radical (unpaired) electrons. The van der Waals surface area contributed by atoms with E-state index in [0.29, 0.717) is 0 Å². The van der Waals surface area contributed by atoms with Crippen LogP contribution in [0.2, 0.25) is 0 Å². The van der Waals surface area contributed by atoms with Gasteiger partial charge in [-0.1, -0.05) is 32.0 Å². The maximum Gasteiger partial charge on any atom is 0.247 e. The first-order valence-corrected chi connectivity index (χ1v) is 6.38. The Kier molecular flexibility index (Phi) is 5.25. The van der Waals surface area contributed by atoms with Gasteiger partial charge in [-0.15, -0.1) is 0 Å². The van der Waals surface area contributed by atoms with Crippen molar-refractivity contribution in [2.45, 2.75) is 33.1 Å². The van der Waals surface area contributed by atoms with Crippen LogP contribution in [0.5, 0.6) is 0 Å². The summed E-state index contributed by atoms with van der Waals surface area (Å²) in [7, 11) is 0. The average molecular weight is 265 g/mol. The number of carbonyl (C=O) groups excluding carboxylic acids is 1. The molecule has 1 amide bonds. The van der Waals surface area contributed by atoms with E-state index in [9.17, 15) is 4.79 Å². The van der Waals surface area contributed by atoms with Gasteiger partial charge in [-0.05, 0) is 41.7 Å². The Morgan fingerprint density at radius 2 is 1.89 bits per heavy atom. The van der Waals surface area contributed by atoms with Crippen LogP contribution >= 0.6 is 12.2 Å². The highest BCUT2D eigenvalue weighted by Crippen LogP contribution is 2.14. The number of aryl methyl sites for hydroxylation is 2. The Hall–Kier alpha value is -1.46. The molecule has 0 saturated carbocycles. The fraction of sp³-hybridized carbons (Fsp3) is 0.385. The van der Waals surface area contributed by atoms with Crippen LogP contribution in [0.3, 0.4) is 0 Å². The van der Waals surface area contributed by atoms with E-state index in [1.54, 1.807) is 0 Å². The molecule has 0 unspecified atom stereocenters. The lowest BCUT2D eigenvalue weighted by Crippen LogP contribution is -2.46. The standard InChI is InChI=1S/C13H19N3OS/c1-3-10-6-5-9(7-11(10)4-2)8-12(17)16(15)13(14)18/h5-7H,3-4,8,15H2,1-2H3,(H2,14,18). The predicted octanol–water partition coefficient (Wildman–Crippen LogP) is 1.30. The number of hydrogen-bond acceptors (Lipinski definition) is 3. The zero-order valence-corrected chi connectivity index (χ0v) is 11.6. The molecule has 0 saturated heterocycles. The van der Waals surface area contributed by atoms with Crippen LogP contribution in [-0.4, -0.2) is 16.0 Å². The first-order valence-electron chi connectivity index (χ1n) is 5.97. The van der Waals surface area contributed by atoms with Gasteiger partial charge in [0.25, 0.3) is 0 Å². The highest BCUT2D eigenvalue weighted by Gasteiger charge is 2.13. The van der Waals surface area contributed by atoms with Gasteiger partial charge >= 0.3 is 0 Å². The van der Waals surface area contributed by atoms with Crippen LogP contribution in [0.25, 0.3) is 0 Å². The number of benzene rings is 1. The fourth-order valence-electron chi connectivity index (χ4n) is 1.85. The summed E-state index contributed by atoms with van der Waals surface area (Å²) >= 11 is 4.66. The van der Waals surface area contributed by atoms with Gasteiger partial charge in [0.05, 0.1) is 6.42 Å². The Morgan fingerprint density at radius 3 is 2.39 bits per heavy atom. The Labute approximate surface area is 113 Å². The number of nitrogens with zero attached hydrogens (tertiary/aromatic N) is 1. The molecule has 0 fully saturated rings. The average Bonchev–Trinajstić information content (AvgIpc) is 2.37. The molecule has 4 N–H and O–H groups in total. The molecule has 0 heterocycles. The molecule has 0 bridgehead atoms. The van der Waals surface area contributed by atoms with Crippen molar-refractivity contribution in [1.29, 1.82) is 0 Å². The lowest BCUT2D eigenvalue weighted by Gasteiger charge is -2.15. The first kappa shape index (κ1) is 14.6. The summed E-state index contributed by atoms with van der Waals surface area (Å²) in [5.41, 5.74) is 8.81. The van der Waals surface area contributed by atoms with Crippen molar-refractivity contribution in [2.75, 3.05) is 0 Å². The SMILES string of the molecule is CCc1ccc(CC(=O)N(N)C(N)=S)cc1CC. The number of hydrogen-bond donors (Lipinski definition) is 2. The van der Waals surface area contributed by atoms with Crippen molar-refractivity contribution in [2.24, 2.45) is 11.6 Å². The van der Waals surface area contributed by atoms with Gasteiger partial charge in [-0.3, -0.25) is 4.79 Å². The predicted molar refractivity (Wildman–Crippen MR) is 76.7 cm³/mol. The van der Waals surface area contributed by atoms with Crippen LogP contribution in [0, 0.1) is 0 Å². The molecule has 1 aromatic carbocycles. The molecule has 5 heteroatoms. The second kappa shape index (κ2) is 6.47. The second-order valence-electron chi connectivity index (χ2n) is 4.09. The third-order valence-electron chi connectivity index (χ3n) is 2.89. The minimum Gasteiger partial charge on any atom is -0.375 e. The Bertz CT molecular complexity index is 460. The molecule has 0 spiro atoms. The molecule has 4 nitrogen and oxygen atoms in total. The minimum atomic E-state index is -0.297. The van der Waals surface area contributed by atoms with Crippen LogP contribution in [0.4, 0.5) is 0 Å². The van der Waals surface area contributed by atoms with Gasteiger partial charge < -0.3 is 5.73 Å². The molecule has 98 valence electrons. The maximum absolute atomic E-state index is 11.7. The summed E-state index contributed by atoms with van der Waals surface area (Å²) in [6.45, 7) is 4.22. The van der Waals surface area contributed by atoms with E-state index < -0.39 is 0 Å².